The van der Waals surface area contributed by atoms with Crippen molar-refractivity contribution >= 4 is 11.6 Å². The third-order valence-electron chi connectivity index (χ3n) is 3.69. The van der Waals surface area contributed by atoms with Crippen LogP contribution in [0.2, 0.25) is 0 Å². The van der Waals surface area contributed by atoms with Crippen LogP contribution in [0.25, 0.3) is 11.4 Å². The lowest BCUT2D eigenvalue weighted by Gasteiger charge is -2.12. The van der Waals surface area contributed by atoms with E-state index in [9.17, 15) is 20.0 Å². The van der Waals surface area contributed by atoms with E-state index >= 15 is 0 Å². The second-order valence-electron chi connectivity index (χ2n) is 5.35. The van der Waals surface area contributed by atoms with Crippen molar-refractivity contribution in [2.24, 2.45) is 0 Å². The van der Waals surface area contributed by atoms with Crippen molar-refractivity contribution in [2.45, 2.75) is 18.4 Å². The predicted octanol–water partition coefficient (Wildman–Crippen LogP) is 1.24. The highest BCUT2D eigenvalue weighted by Gasteiger charge is 2.43. The first-order chi connectivity index (χ1) is 10.5. The number of amides is 1. The van der Waals surface area contributed by atoms with Crippen molar-refractivity contribution in [1.82, 2.24) is 15.3 Å². The van der Waals surface area contributed by atoms with Gasteiger partial charge in [-0.3, -0.25) is 14.9 Å². The van der Waals surface area contributed by atoms with Crippen LogP contribution in [0.4, 0.5) is 5.69 Å². The molecule has 1 aromatic heterocycles. The van der Waals surface area contributed by atoms with E-state index in [0.29, 0.717) is 11.4 Å². The van der Waals surface area contributed by atoms with Crippen LogP contribution >= 0.6 is 0 Å². The van der Waals surface area contributed by atoms with Gasteiger partial charge in [0.2, 0.25) is 0 Å². The first kappa shape index (κ1) is 14.2. The number of aromatic amines is 1. The number of aliphatic hydroxyl groups excluding tert-OH is 1. The lowest BCUT2D eigenvalue weighted by atomic mass is 10.2. The lowest BCUT2D eigenvalue weighted by molar-refractivity contribution is -0.384. The highest BCUT2D eigenvalue weighted by atomic mass is 16.6. The summed E-state index contributed by atoms with van der Waals surface area (Å²) in [5.41, 5.74) is 0.225. The van der Waals surface area contributed by atoms with Gasteiger partial charge in [-0.2, -0.15) is 0 Å². The van der Waals surface area contributed by atoms with Crippen LogP contribution in [0.3, 0.4) is 0 Å². The van der Waals surface area contributed by atoms with Gasteiger partial charge in [-0.05, 0) is 12.8 Å². The van der Waals surface area contributed by atoms with Crippen LogP contribution in [-0.4, -0.2) is 38.1 Å². The van der Waals surface area contributed by atoms with Crippen LogP contribution < -0.4 is 5.32 Å². The fourth-order valence-corrected chi connectivity index (χ4v) is 2.13. The van der Waals surface area contributed by atoms with Crippen LogP contribution in [0.1, 0.15) is 23.3 Å². The number of nitrogens with one attached hydrogen (secondary N) is 2. The number of aromatic nitrogens is 2. The van der Waals surface area contributed by atoms with Gasteiger partial charge in [-0.15, -0.1) is 0 Å². The summed E-state index contributed by atoms with van der Waals surface area (Å²) in [7, 11) is 0. The van der Waals surface area contributed by atoms with E-state index < -0.39 is 10.5 Å². The molecule has 8 heteroatoms. The molecule has 1 aliphatic rings. The molecule has 1 amide bonds. The fraction of sp³-hybridized carbons (Fsp3) is 0.286. The number of nitro benzene ring substituents is 1. The van der Waals surface area contributed by atoms with Crippen molar-refractivity contribution < 1.29 is 14.8 Å². The standard InChI is InChI=1S/C14H14N4O4/c19-8-14(4-5-14)17-13(20)11-7-15-12(16-11)9-2-1-3-10(6-9)18(21)22/h1-3,6-7,19H,4-5,8H2,(H,15,16)(H,17,20). The highest BCUT2D eigenvalue weighted by molar-refractivity contribution is 5.93. The van der Waals surface area contributed by atoms with Crippen LogP contribution in [0.5, 0.6) is 0 Å². The van der Waals surface area contributed by atoms with Crippen molar-refractivity contribution in [3.8, 4) is 11.4 Å². The van der Waals surface area contributed by atoms with E-state index in [0.717, 1.165) is 12.8 Å². The zero-order valence-electron chi connectivity index (χ0n) is 11.6. The van der Waals surface area contributed by atoms with Gasteiger partial charge in [0.15, 0.2) is 0 Å². The highest BCUT2D eigenvalue weighted by Crippen LogP contribution is 2.34. The van der Waals surface area contributed by atoms with Gasteiger partial charge in [-0.1, -0.05) is 12.1 Å². The Morgan fingerprint density at radius 1 is 1.50 bits per heavy atom. The number of hydrogen-bond acceptors (Lipinski definition) is 5. The van der Waals surface area contributed by atoms with E-state index in [2.05, 4.69) is 15.3 Å². The lowest BCUT2D eigenvalue weighted by Crippen LogP contribution is -2.39. The molecule has 0 bridgehead atoms. The Hall–Kier alpha value is -2.74. The molecule has 3 N–H and O–H groups in total. The number of nitro groups is 1. The molecule has 1 saturated carbocycles. The van der Waals surface area contributed by atoms with Gasteiger partial charge in [0.1, 0.15) is 11.5 Å². The molecular formula is C14H14N4O4. The Balaban J connectivity index is 1.80. The summed E-state index contributed by atoms with van der Waals surface area (Å²) in [4.78, 5) is 29.3. The smallest absolute Gasteiger partial charge is 0.270 e. The summed E-state index contributed by atoms with van der Waals surface area (Å²) in [6, 6.07) is 6.00. The Bertz CT molecular complexity index is 736. The van der Waals surface area contributed by atoms with E-state index in [1.807, 2.05) is 0 Å². The van der Waals surface area contributed by atoms with Gasteiger partial charge in [0.05, 0.1) is 23.3 Å². The first-order valence-electron chi connectivity index (χ1n) is 6.76. The molecule has 0 saturated heterocycles. The molecule has 0 aliphatic heterocycles. The van der Waals surface area contributed by atoms with Gasteiger partial charge in [-0.25, -0.2) is 4.98 Å². The average molecular weight is 302 g/mol. The van der Waals surface area contributed by atoms with Crippen molar-refractivity contribution in [3.05, 3.63) is 46.3 Å². The molecule has 1 aliphatic carbocycles. The van der Waals surface area contributed by atoms with Crippen molar-refractivity contribution in [3.63, 3.8) is 0 Å². The van der Waals surface area contributed by atoms with Crippen LogP contribution in [-0.2, 0) is 0 Å². The van der Waals surface area contributed by atoms with Gasteiger partial charge in [0, 0.05) is 17.7 Å². The molecule has 0 unspecified atom stereocenters. The average Bonchev–Trinajstić information content (AvgIpc) is 3.11. The number of aliphatic hydroxyl groups is 1. The van der Waals surface area contributed by atoms with E-state index in [-0.39, 0.29) is 23.9 Å². The Kier molecular flexibility index (Phi) is 3.38. The predicted molar refractivity (Wildman–Crippen MR) is 77.2 cm³/mol. The first-order valence-corrected chi connectivity index (χ1v) is 6.76. The maximum atomic E-state index is 12.1. The molecule has 1 aromatic carbocycles. The minimum absolute atomic E-state index is 0.0443. The quantitative estimate of drug-likeness (QED) is 0.566. The number of carbonyl (C=O) groups is 1. The molecule has 8 nitrogen and oxygen atoms in total. The van der Waals surface area contributed by atoms with Crippen molar-refractivity contribution in [1.29, 1.82) is 0 Å². The normalized spacial score (nSPS) is 15.3. The zero-order chi connectivity index (χ0) is 15.7. The number of benzene rings is 1. The van der Waals surface area contributed by atoms with E-state index in [1.54, 1.807) is 12.1 Å². The Morgan fingerprint density at radius 3 is 2.91 bits per heavy atom. The summed E-state index contributed by atoms with van der Waals surface area (Å²) in [5, 5.41) is 22.8. The van der Waals surface area contributed by atoms with Crippen molar-refractivity contribution in [2.75, 3.05) is 6.61 Å². The summed E-state index contributed by atoms with van der Waals surface area (Å²) in [6.45, 7) is -0.0926. The fourth-order valence-electron chi connectivity index (χ4n) is 2.13. The third-order valence-corrected chi connectivity index (χ3v) is 3.69. The number of imidazole rings is 1. The van der Waals surface area contributed by atoms with Gasteiger partial charge < -0.3 is 15.4 Å². The number of H-pyrrole nitrogens is 1. The second-order valence-corrected chi connectivity index (χ2v) is 5.35. The van der Waals surface area contributed by atoms with Gasteiger partial charge >= 0.3 is 0 Å². The Labute approximate surface area is 125 Å². The van der Waals surface area contributed by atoms with Gasteiger partial charge in [0.25, 0.3) is 11.6 Å². The monoisotopic (exact) mass is 302 g/mol. The van der Waals surface area contributed by atoms with Crippen LogP contribution in [0, 0.1) is 10.1 Å². The molecule has 1 heterocycles. The van der Waals surface area contributed by atoms with E-state index in [4.69, 9.17) is 0 Å². The summed E-state index contributed by atoms with van der Waals surface area (Å²) in [6.07, 6.45) is 2.87. The molecule has 0 radical (unpaired) electrons. The summed E-state index contributed by atoms with van der Waals surface area (Å²) in [5.74, 6) is 0.0263. The SMILES string of the molecule is O=C(NC1(CO)CC1)c1cnc(-c2cccc([N+](=O)[O-])c2)[nH]1. The molecule has 114 valence electrons. The molecule has 1 fully saturated rings. The zero-order valence-corrected chi connectivity index (χ0v) is 11.6. The summed E-state index contributed by atoms with van der Waals surface area (Å²) < 4.78 is 0. The minimum atomic E-state index is -0.506. The number of hydrogen-bond donors (Lipinski definition) is 3. The largest absolute Gasteiger partial charge is 0.394 e. The van der Waals surface area contributed by atoms with Crippen LogP contribution in [0.15, 0.2) is 30.5 Å². The summed E-state index contributed by atoms with van der Waals surface area (Å²) >= 11 is 0. The maximum absolute atomic E-state index is 12.1. The molecular weight excluding hydrogens is 288 g/mol. The minimum Gasteiger partial charge on any atom is -0.394 e. The number of carbonyl (C=O) groups excluding carboxylic acids is 1. The Morgan fingerprint density at radius 2 is 2.27 bits per heavy atom. The molecule has 3 rings (SSSR count). The number of non-ortho nitro benzene ring substituents is 1. The maximum Gasteiger partial charge on any atom is 0.270 e. The van der Waals surface area contributed by atoms with E-state index in [1.165, 1.54) is 18.3 Å². The second kappa shape index (κ2) is 5.23. The third kappa shape index (κ3) is 2.68. The molecule has 0 spiro atoms. The number of nitrogens with zero attached hydrogens (tertiary/aromatic N) is 2. The molecule has 2 aromatic rings. The topological polar surface area (TPSA) is 121 Å². The molecule has 22 heavy (non-hydrogen) atoms. The molecule has 0 atom stereocenters. The number of rotatable bonds is 5.